The summed E-state index contributed by atoms with van der Waals surface area (Å²) in [5.41, 5.74) is 2.99. The molecule has 0 aliphatic carbocycles. The minimum Gasteiger partial charge on any atom is -0.493 e. The van der Waals surface area contributed by atoms with Gasteiger partial charge in [-0.3, -0.25) is 9.69 Å². The van der Waals surface area contributed by atoms with Crippen LogP contribution in [0, 0.1) is 0 Å². The molecule has 184 valence electrons. The van der Waals surface area contributed by atoms with Crippen molar-refractivity contribution >= 4 is 11.9 Å². The number of aliphatic hydroxyl groups excluding tert-OH is 1. The lowest BCUT2D eigenvalue weighted by atomic mass is 10.1. The smallest absolute Gasteiger partial charge is 0.176 e. The number of carbonyl (C=O) groups excluding carboxylic acids is 1. The Labute approximate surface area is 203 Å². The number of β-amino-alcohol motifs (C(OH)–C–C–N with tert-alkyl or cyclic N) is 1. The van der Waals surface area contributed by atoms with Crippen LogP contribution in [0.5, 0.6) is 11.5 Å². The van der Waals surface area contributed by atoms with Crippen LogP contribution >= 0.6 is 0 Å². The highest BCUT2D eigenvalue weighted by Crippen LogP contribution is 2.27. The molecule has 0 aromatic heterocycles. The topological polar surface area (TPSA) is 62.2 Å². The molecular weight excluding hydrogens is 428 g/mol. The van der Waals surface area contributed by atoms with Crippen molar-refractivity contribution in [1.29, 1.82) is 0 Å². The van der Waals surface area contributed by atoms with Crippen molar-refractivity contribution in [3.8, 4) is 11.5 Å². The van der Waals surface area contributed by atoms with E-state index in [1.807, 2.05) is 18.2 Å². The highest BCUT2D eigenvalue weighted by atomic mass is 16.5. The molecule has 2 aromatic rings. The largest absolute Gasteiger partial charge is 0.493 e. The van der Waals surface area contributed by atoms with Gasteiger partial charge in [0.2, 0.25) is 0 Å². The van der Waals surface area contributed by atoms with Crippen LogP contribution in [0.2, 0.25) is 0 Å². The normalized spacial score (nSPS) is 17.1. The van der Waals surface area contributed by atoms with Gasteiger partial charge in [0.15, 0.2) is 17.3 Å². The number of likely N-dealkylation sites (tertiary alicyclic amines) is 1. The molecule has 6 heteroatoms. The Kier molecular flexibility index (Phi) is 10.1. The number of ketones is 1. The molecule has 34 heavy (non-hydrogen) atoms. The monoisotopic (exact) mass is 466 g/mol. The van der Waals surface area contributed by atoms with E-state index in [-0.39, 0.29) is 11.9 Å². The summed E-state index contributed by atoms with van der Waals surface area (Å²) in [7, 11) is 3.16. The predicted octanol–water partition coefficient (Wildman–Crippen LogP) is 4.14. The van der Waals surface area contributed by atoms with Gasteiger partial charge in [0.05, 0.1) is 26.9 Å². The molecule has 0 radical (unpaired) electrons. The number of nitrogens with zero attached hydrogens (tertiary/aromatic N) is 2. The van der Waals surface area contributed by atoms with Crippen molar-refractivity contribution in [2.24, 2.45) is 0 Å². The number of benzene rings is 2. The van der Waals surface area contributed by atoms with E-state index < -0.39 is 0 Å². The van der Waals surface area contributed by atoms with E-state index >= 15 is 0 Å². The Balaban J connectivity index is 1.67. The van der Waals surface area contributed by atoms with E-state index in [2.05, 4.69) is 34.9 Å². The minimum atomic E-state index is -0.215. The Morgan fingerprint density at radius 2 is 1.88 bits per heavy atom. The van der Waals surface area contributed by atoms with Crippen molar-refractivity contribution in [2.75, 3.05) is 53.5 Å². The number of rotatable bonds is 12. The Bertz CT molecular complexity index is 945. The van der Waals surface area contributed by atoms with Gasteiger partial charge in [-0.05, 0) is 63.0 Å². The fourth-order valence-electron chi connectivity index (χ4n) is 4.50. The highest BCUT2D eigenvalue weighted by molar-refractivity contribution is 5.98. The first kappa shape index (κ1) is 25.9. The standard InChI is InChI=1S/C28H38N2O4/c1-22(17-23-9-5-4-6-10-23)19-30(16-8-15-29-14-7-11-25(31)20-29)21-26(32)24-12-13-27(33-2)28(18-24)34-3/h4-6,9-10,12-13,17-18,25,31H,7-8,11,14-16,19-21H2,1-3H3/b22-17+. The number of ether oxygens (including phenoxy) is 2. The Morgan fingerprint density at radius 3 is 2.59 bits per heavy atom. The van der Waals surface area contributed by atoms with Crippen LogP contribution in [-0.2, 0) is 0 Å². The number of Topliss-reactive ketones (excluding diaryl/α,β-unsaturated/α-hetero) is 1. The first-order valence-electron chi connectivity index (χ1n) is 12.1. The lowest BCUT2D eigenvalue weighted by Gasteiger charge is -2.31. The van der Waals surface area contributed by atoms with E-state index in [9.17, 15) is 9.90 Å². The molecule has 1 unspecified atom stereocenters. The van der Waals surface area contributed by atoms with E-state index in [0.29, 0.717) is 23.6 Å². The van der Waals surface area contributed by atoms with Crippen LogP contribution in [0.15, 0.2) is 54.1 Å². The lowest BCUT2D eigenvalue weighted by molar-refractivity contribution is 0.0682. The van der Waals surface area contributed by atoms with Gasteiger partial charge in [0.25, 0.3) is 0 Å². The van der Waals surface area contributed by atoms with Crippen molar-refractivity contribution in [3.63, 3.8) is 0 Å². The summed E-state index contributed by atoms with van der Waals surface area (Å²) in [5.74, 6) is 1.23. The zero-order chi connectivity index (χ0) is 24.3. The van der Waals surface area contributed by atoms with Gasteiger partial charge >= 0.3 is 0 Å². The summed E-state index contributed by atoms with van der Waals surface area (Å²) >= 11 is 0. The number of hydrogen-bond acceptors (Lipinski definition) is 6. The molecule has 2 aromatic carbocycles. The summed E-state index contributed by atoms with van der Waals surface area (Å²) < 4.78 is 10.7. The second-order valence-electron chi connectivity index (χ2n) is 9.06. The fourth-order valence-corrected chi connectivity index (χ4v) is 4.50. The average Bonchev–Trinajstić information content (AvgIpc) is 2.84. The molecule has 0 spiro atoms. The second-order valence-corrected chi connectivity index (χ2v) is 9.06. The average molecular weight is 467 g/mol. The van der Waals surface area contributed by atoms with Crippen LogP contribution in [0.25, 0.3) is 6.08 Å². The van der Waals surface area contributed by atoms with E-state index in [4.69, 9.17) is 9.47 Å². The number of carbonyl (C=O) groups is 1. The molecular formula is C28H38N2O4. The van der Waals surface area contributed by atoms with Crippen molar-refractivity contribution in [1.82, 2.24) is 9.80 Å². The summed E-state index contributed by atoms with van der Waals surface area (Å²) in [4.78, 5) is 17.7. The molecule has 0 saturated carbocycles. The summed E-state index contributed by atoms with van der Waals surface area (Å²) in [6.45, 7) is 6.69. The molecule has 6 nitrogen and oxygen atoms in total. The SMILES string of the molecule is COc1ccc(C(=O)CN(CCCN2CCCC(O)C2)C/C(C)=C/c2ccccc2)cc1OC. The first-order chi connectivity index (χ1) is 16.5. The van der Waals surface area contributed by atoms with Gasteiger partial charge in [-0.15, -0.1) is 0 Å². The highest BCUT2D eigenvalue weighted by Gasteiger charge is 2.19. The summed E-state index contributed by atoms with van der Waals surface area (Å²) in [5, 5.41) is 9.95. The second kappa shape index (κ2) is 13.3. The summed E-state index contributed by atoms with van der Waals surface area (Å²) in [6.07, 6.45) is 4.85. The molecule has 1 saturated heterocycles. The molecule has 1 N–H and O–H groups in total. The quantitative estimate of drug-likeness (QED) is 0.475. The van der Waals surface area contributed by atoms with Crippen LogP contribution < -0.4 is 9.47 Å². The molecule has 0 bridgehead atoms. The van der Waals surface area contributed by atoms with Crippen LogP contribution in [0.3, 0.4) is 0 Å². The number of methoxy groups -OCH3 is 2. The van der Waals surface area contributed by atoms with Gasteiger partial charge in [0, 0.05) is 25.2 Å². The van der Waals surface area contributed by atoms with Gasteiger partial charge in [-0.2, -0.15) is 0 Å². The third-order valence-corrected chi connectivity index (χ3v) is 6.19. The zero-order valence-electron chi connectivity index (χ0n) is 20.7. The van der Waals surface area contributed by atoms with Crippen molar-refractivity contribution < 1.29 is 19.4 Å². The molecule has 1 heterocycles. The first-order valence-corrected chi connectivity index (χ1v) is 12.1. The number of hydrogen-bond donors (Lipinski definition) is 1. The van der Waals surface area contributed by atoms with Crippen LogP contribution in [-0.4, -0.2) is 80.3 Å². The van der Waals surface area contributed by atoms with Crippen molar-refractivity contribution in [3.05, 3.63) is 65.2 Å². The van der Waals surface area contributed by atoms with Gasteiger partial charge in [-0.25, -0.2) is 0 Å². The van der Waals surface area contributed by atoms with E-state index in [0.717, 1.165) is 57.5 Å². The summed E-state index contributed by atoms with van der Waals surface area (Å²) in [6, 6.07) is 15.6. The lowest BCUT2D eigenvalue weighted by Crippen LogP contribution is -2.40. The minimum absolute atomic E-state index is 0.0573. The van der Waals surface area contributed by atoms with Gasteiger partial charge < -0.3 is 19.5 Å². The maximum Gasteiger partial charge on any atom is 0.176 e. The molecule has 1 fully saturated rings. The van der Waals surface area contributed by atoms with Gasteiger partial charge in [-0.1, -0.05) is 42.0 Å². The Hall–Kier alpha value is -2.67. The fraction of sp³-hybridized carbons (Fsp3) is 0.464. The van der Waals surface area contributed by atoms with Crippen LogP contribution in [0.1, 0.15) is 42.1 Å². The van der Waals surface area contributed by atoms with Gasteiger partial charge in [0.1, 0.15) is 0 Å². The predicted molar refractivity (Wildman–Crippen MR) is 137 cm³/mol. The van der Waals surface area contributed by atoms with Crippen LogP contribution in [0.4, 0.5) is 0 Å². The molecule has 1 atom stereocenters. The maximum atomic E-state index is 13.2. The molecule has 0 amide bonds. The maximum absolute atomic E-state index is 13.2. The number of aliphatic hydroxyl groups is 1. The molecule has 1 aliphatic heterocycles. The van der Waals surface area contributed by atoms with Crippen molar-refractivity contribution in [2.45, 2.75) is 32.3 Å². The zero-order valence-corrected chi connectivity index (χ0v) is 20.7. The molecule has 1 aliphatic rings. The third kappa shape index (κ3) is 7.97. The van der Waals surface area contributed by atoms with E-state index in [1.165, 1.54) is 5.57 Å². The third-order valence-electron chi connectivity index (χ3n) is 6.19. The Morgan fingerprint density at radius 1 is 1.12 bits per heavy atom. The molecule has 3 rings (SSSR count). The van der Waals surface area contributed by atoms with E-state index in [1.54, 1.807) is 32.4 Å². The number of piperidine rings is 1.